The van der Waals surface area contributed by atoms with Crippen molar-refractivity contribution in [2.24, 2.45) is 11.7 Å². The van der Waals surface area contributed by atoms with Gasteiger partial charge in [0.15, 0.2) is 5.69 Å². The second-order valence-corrected chi connectivity index (χ2v) is 9.66. The standard InChI is InChI=1S/C27H32N6O3/c28-25(34)23(18-8-2-1-3-9-18)29-26(35)20-11-5-7-13-22(20)32-14-16-33(17-15-32)27(36)24-19-10-4-6-12-21(19)30-31-24/h1-4,6,8-10,12,20,22-23H,5,7,11,13-17H2,(H2,28,34)(H,29,35)(H,30,31)/t20?,22?,23-/m1/s1. The van der Waals surface area contributed by atoms with Crippen molar-refractivity contribution in [3.63, 3.8) is 0 Å². The highest BCUT2D eigenvalue weighted by Gasteiger charge is 2.38. The van der Waals surface area contributed by atoms with E-state index in [0.29, 0.717) is 37.4 Å². The second-order valence-electron chi connectivity index (χ2n) is 9.66. The minimum atomic E-state index is -0.848. The molecular formula is C27H32N6O3. The van der Waals surface area contributed by atoms with Gasteiger partial charge in [-0.05, 0) is 24.5 Å². The molecule has 2 heterocycles. The Morgan fingerprint density at radius 3 is 2.39 bits per heavy atom. The molecule has 1 aromatic heterocycles. The number of nitrogens with two attached hydrogens (primary N) is 1. The fourth-order valence-electron chi connectivity index (χ4n) is 5.60. The Balaban J connectivity index is 1.24. The summed E-state index contributed by atoms with van der Waals surface area (Å²) >= 11 is 0. The molecule has 36 heavy (non-hydrogen) atoms. The number of nitrogens with one attached hydrogen (secondary N) is 2. The molecule has 3 amide bonds. The lowest BCUT2D eigenvalue weighted by Crippen LogP contribution is -2.56. The molecule has 9 nitrogen and oxygen atoms in total. The molecule has 0 bridgehead atoms. The number of H-pyrrole nitrogens is 1. The number of carbonyl (C=O) groups excluding carboxylic acids is 3. The third-order valence-corrected chi connectivity index (χ3v) is 7.51. The largest absolute Gasteiger partial charge is 0.368 e. The van der Waals surface area contributed by atoms with Crippen LogP contribution in [0.5, 0.6) is 0 Å². The lowest BCUT2D eigenvalue weighted by Gasteiger charge is -2.43. The van der Waals surface area contributed by atoms with Crippen molar-refractivity contribution >= 4 is 28.6 Å². The predicted molar refractivity (Wildman–Crippen MR) is 136 cm³/mol. The number of fused-ring (bicyclic) bond motifs is 1. The predicted octanol–water partition coefficient (Wildman–Crippen LogP) is 2.22. The Bertz CT molecular complexity index is 1230. The van der Waals surface area contributed by atoms with Gasteiger partial charge >= 0.3 is 0 Å². The Kier molecular flexibility index (Phi) is 6.99. The molecule has 1 aliphatic carbocycles. The molecule has 9 heteroatoms. The number of benzene rings is 2. The Morgan fingerprint density at radius 2 is 1.64 bits per heavy atom. The molecule has 5 rings (SSSR count). The maximum absolute atomic E-state index is 13.4. The minimum Gasteiger partial charge on any atom is -0.368 e. The van der Waals surface area contributed by atoms with Gasteiger partial charge in [-0.3, -0.25) is 24.4 Å². The molecule has 3 aromatic rings. The van der Waals surface area contributed by atoms with Crippen LogP contribution in [0.2, 0.25) is 0 Å². The van der Waals surface area contributed by atoms with Crippen LogP contribution in [0, 0.1) is 5.92 Å². The summed E-state index contributed by atoms with van der Waals surface area (Å²) in [6.07, 6.45) is 3.73. The SMILES string of the molecule is NC(=O)[C@H](NC(=O)C1CCCCC1N1CCN(C(=O)c2n[nH]c3ccccc23)CC1)c1ccccc1. The van der Waals surface area contributed by atoms with Crippen molar-refractivity contribution in [2.45, 2.75) is 37.8 Å². The summed E-state index contributed by atoms with van der Waals surface area (Å²) < 4.78 is 0. The zero-order valence-electron chi connectivity index (χ0n) is 20.2. The van der Waals surface area contributed by atoms with Gasteiger partial charge in [-0.25, -0.2) is 0 Å². The van der Waals surface area contributed by atoms with Gasteiger partial charge in [-0.2, -0.15) is 5.10 Å². The molecule has 4 N–H and O–H groups in total. The molecule has 2 fully saturated rings. The van der Waals surface area contributed by atoms with E-state index in [4.69, 9.17) is 5.73 Å². The van der Waals surface area contributed by atoms with Crippen molar-refractivity contribution in [3.8, 4) is 0 Å². The number of aromatic amines is 1. The van der Waals surface area contributed by atoms with Crippen LogP contribution in [0.15, 0.2) is 54.6 Å². The Morgan fingerprint density at radius 1 is 0.944 bits per heavy atom. The van der Waals surface area contributed by atoms with Crippen molar-refractivity contribution in [2.75, 3.05) is 26.2 Å². The fourth-order valence-corrected chi connectivity index (χ4v) is 5.60. The number of rotatable bonds is 6. The average molecular weight is 489 g/mol. The van der Waals surface area contributed by atoms with Crippen LogP contribution < -0.4 is 11.1 Å². The van der Waals surface area contributed by atoms with E-state index in [0.717, 1.165) is 36.6 Å². The first-order chi connectivity index (χ1) is 17.5. The van der Waals surface area contributed by atoms with E-state index in [1.807, 2.05) is 47.4 Å². The van der Waals surface area contributed by atoms with E-state index in [2.05, 4.69) is 20.4 Å². The normalized spacial score (nSPS) is 21.7. The minimum absolute atomic E-state index is 0.0720. The first-order valence-electron chi connectivity index (χ1n) is 12.6. The first kappa shape index (κ1) is 24.0. The van der Waals surface area contributed by atoms with E-state index in [1.165, 1.54) is 0 Å². The number of piperazine rings is 1. The maximum Gasteiger partial charge on any atom is 0.275 e. The van der Waals surface area contributed by atoms with E-state index in [9.17, 15) is 14.4 Å². The Labute approximate surface area is 210 Å². The van der Waals surface area contributed by atoms with Crippen LogP contribution in [0.1, 0.15) is 47.8 Å². The highest BCUT2D eigenvalue weighted by Crippen LogP contribution is 2.30. The molecule has 1 aliphatic heterocycles. The summed E-state index contributed by atoms with van der Waals surface area (Å²) in [5, 5.41) is 10.9. The van der Waals surface area contributed by atoms with Gasteiger partial charge in [0.2, 0.25) is 11.8 Å². The molecule has 2 aromatic carbocycles. The van der Waals surface area contributed by atoms with Gasteiger partial charge in [0.05, 0.1) is 11.4 Å². The number of aromatic nitrogens is 2. The summed E-state index contributed by atoms with van der Waals surface area (Å²) in [5.74, 6) is -0.993. The monoisotopic (exact) mass is 488 g/mol. The van der Waals surface area contributed by atoms with Crippen molar-refractivity contribution in [1.29, 1.82) is 0 Å². The lowest BCUT2D eigenvalue weighted by molar-refractivity contribution is -0.133. The zero-order chi connectivity index (χ0) is 25.1. The first-order valence-corrected chi connectivity index (χ1v) is 12.6. The van der Waals surface area contributed by atoms with Gasteiger partial charge in [0.1, 0.15) is 6.04 Å². The van der Waals surface area contributed by atoms with Gasteiger partial charge < -0.3 is 16.0 Å². The van der Waals surface area contributed by atoms with Crippen molar-refractivity contribution in [3.05, 3.63) is 65.9 Å². The molecule has 1 saturated heterocycles. The topological polar surface area (TPSA) is 124 Å². The lowest BCUT2D eigenvalue weighted by atomic mass is 9.82. The van der Waals surface area contributed by atoms with E-state index in [1.54, 1.807) is 12.1 Å². The van der Waals surface area contributed by atoms with Gasteiger partial charge in [0, 0.05) is 37.6 Å². The smallest absolute Gasteiger partial charge is 0.275 e. The van der Waals surface area contributed by atoms with E-state index in [-0.39, 0.29) is 23.8 Å². The van der Waals surface area contributed by atoms with E-state index < -0.39 is 11.9 Å². The van der Waals surface area contributed by atoms with Gasteiger partial charge in [-0.15, -0.1) is 0 Å². The zero-order valence-corrected chi connectivity index (χ0v) is 20.2. The molecule has 0 radical (unpaired) electrons. The molecule has 3 atom stereocenters. The average Bonchev–Trinajstić information content (AvgIpc) is 3.36. The summed E-state index contributed by atoms with van der Waals surface area (Å²) in [5.41, 5.74) is 7.62. The third kappa shape index (κ3) is 4.83. The van der Waals surface area contributed by atoms with Crippen molar-refractivity contribution < 1.29 is 14.4 Å². The molecular weight excluding hydrogens is 456 g/mol. The highest BCUT2D eigenvalue weighted by atomic mass is 16.2. The quantitative estimate of drug-likeness (QED) is 0.491. The molecule has 1 saturated carbocycles. The summed E-state index contributed by atoms with van der Waals surface area (Å²) in [6.45, 7) is 2.55. The fraction of sp³-hybridized carbons (Fsp3) is 0.407. The maximum atomic E-state index is 13.4. The number of hydrogen-bond acceptors (Lipinski definition) is 5. The number of hydrogen-bond donors (Lipinski definition) is 3. The van der Waals surface area contributed by atoms with E-state index >= 15 is 0 Å². The molecule has 2 aliphatic rings. The highest BCUT2D eigenvalue weighted by molar-refractivity contribution is 6.04. The number of carbonyl (C=O) groups is 3. The second kappa shape index (κ2) is 10.5. The van der Waals surface area contributed by atoms with Crippen LogP contribution in [0.3, 0.4) is 0 Å². The number of nitrogens with zero attached hydrogens (tertiary/aromatic N) is 3. The van der Waals surface area contributed by atoms with Crippen LogP contribution in [0.25, 0.3) is 10.9 Å². The summed E-state index contributed by atoms with van der Waals surface area (Å²) in [6, 6.07) is 16.0. The van der Waals surface area contributed by atoms with Gasteiger partial charge in [0.25, 0.3) is 5.91 Å². The number of amides is 3. The summed E-state index contributed by atoms with van der Waals surface area (Å²) in [4.78, 5) is 42.8. The molecule has 2 unspecified atom stereocenters. The van der Waals surface area contributed by atoms with Crippen LogP contribution in [0.4, 0.5) is 0 Å². The summed E-state index contributed by atoms with van der Waals surface area (Å²) in [7, 11) is 0. The third-order valence-electron chi connectivity index (χ3n) is 7.51. The van der Waals surface area contributed by atoms with Gasteiger partial charge in [-0.1, -0.05) is 61.4 Å². The molecule has 0 spiro atoms. The van der Waals surface area contributed by atoms with Crippen LogP contribution in [-0.4, -0.2) is 69.9 Å². The number of primary amides is 1. The van der Waals surface area contributed by atoms with Crippen LogP contribution >= 0.6 is 0 Å². The van der Waals surface area contributed by atoms with Crippen molar-refractivity contribution in [1.82, 2.24) is 25.3 Å². The number of para-hydroxylation sites is 1. The Hall–Kier alpha value is -3.72. The molecule has 188 valence electrons. The van der Waals surface area contributed by atoms with Crippen LogP contribution in [-0.2, 0) is 9.59 Å².